The average Bonchev–Trinajstić information content (AvgIpc) is 2.69. The Morgan fingerprint density at radius 2 is 1.97 bits per heavy atom. The Bertz CT molecular complexity index is 916. The van der Waals surface area contributed by atoms with Gasteiger partial charge in [0.2, 0.25) is 0 Å². The Morgan fingerprint density at radius 3 is 2.69 bits per heavy atom. The van der Waals surface area contributed by atoms with Gasteiger partial charge in [-0.3, -0.25) is 4.79 Å². The van der Waals surface area contributed by atoms with Crippen molar-refractivity contribution < 1.29 is 23.8 Å². The van der Waals surface area contributed by atoms with E-state index in [1.807, 2.05) is 13.8 Å². The van der Waals surface area contributed by atoms with Gasteiger partial charge < -0.3 is 19.5 Å². The van der Waals surface area contributed by atoms with Gasteiger partial charge in [-0.1, -0.05) is 49.2 Å². The second-order valence-corrected chi connectivity index (χ2v) is 7.79. The lowest BCUT2D eigenvalue weighted by molar-refractivity contribution is -0.148. The number of hydrogen-bond acceptors (Lipinski definition) is 5. The summed E-state index contributed by atoms with van der Waals surface area (Å²) >= 11 is 12.2. The molecule has 1 unspecified atom stereocenters. The summed E-state index contributed by atoms with van der Waals surface area (Å²) in [5, 5.41) is 3.52. The maximum absolute atomic E-state index is 12.7. The summed E-state index contributed by atoms with van der Waals surface area (Å²) in [5.74, 6) is -0.574. The molecule has 2 aromatic rings. The van der Waals surface area contributed by atoms with E-state index < -0.39 is 17.9 Å². The molecule has 1 N–H and O–H groups in total. The van der Waals surface area contributed by atoms with E-state index in [-0.39, 0.29) is 19.3 Å². The van der Waals surface area contributed by atoms with Crippen molar-refractivity contribution in [2.75, 3.05) is 6.79 Å². The number of esters is 1. The fourth-order valence-electron chi connectivity index (χ4n) is 2.96. The number of halogens is 2. The molecule has 0 radical (unpaired) electrons. The largest absolute Gasteiger partial charge is 0.467 e. The Kier molecular flexibility index (Phi) is 7.00. The minimum atomic E-state index is -0.835. The highest BCUT2D eigenvalue weighted by Gasteiger charge is 2.27. The first-order chi connectivity index (χ1) is 13.9. The fourth-order valence-corrected chi connectivity index (χ4v) is 3.45. The van der Waals surface area contributed by atoms with Crippen molar-refractivity contribution in [3.05, 3.63) is 63.1 Å². The third-order valence-electron chi connectivity index (χ3n) is 4.45. The van der Waals surface area contributed by atoms with Gasteiger partial charge in [-0.25, -0.2) is 4.79 Å². The van der Waals surface area contributed by atoms with Gasteiger partial charge in [0.15, 0.2) is 6.79 Å². The van der Waals surface area contributed by atoms with Crippen LogP contribution in [-0.2, 0) is 27.5 Å². The second kappa shape index (κ2) is 9.48. The zero-order valence-electron chi connectivity index (χ0n) is 16.0. The lowest BCUT2D eigenvalue weighted by Gasteiger charge is -2.23. The van der Waals surface area contributed by atoms with Crippen LogP contribution in [0.15, 0.2) is 36.4 Å². The number of ether oxygens (including phenoxy) is 3. The lowest BCUT2D eigenvalue weighted by Crippen LogP contribution is -2.45. The standard InChI is InChI=1S/C21H21Cl2NO5/c1-12(2)18(24-20(25)16-5-3-4-6-17(16)23)21(26)28-10-14-8-15(22)7-13-9-27-11-29-19(13)14/h3-8,12,18H,9-11H2,1-2H3,(H,24,25). The molecule has 1 atom stereocenters. The van der Waals surface area contributed by atoms with E-state index in [0.717, 1.165) is 5.56 Å². The molecule has 0 aliphatic carbocycles. The van der Waals surface area contributed by atoms with Gasteiger partial charge in [-0.05, 0) is 30.2 Å². The number of nitrogens with one attached hydrogen (secondary N) is 1. The normalized spacial score (nSPS) is 14.0. The van der Waals surface area contributed by atoms with E-state index >= 15 is 0 Å². The molecule has 8 heteroatoms. The molecule has 1 amide bonds. The number of fused-ring (bicyclic) bond motifs is 1. The first-order valence-electron chi connectivity index (χ1n) is 9.10. The molecule has 0 saturated heterocycles. The minimum absolute atomic E-state index is 0.0348. The predicted molar refractivity (Wildman–Crippen MR) is 109 cm³/mol. The highest BCUT2D eigenvalue weighted by molar-refractivity contribution is 6.33. The molecule has 0 spiro atoms. The van der Waals surface area contributed by atoms with Crippen molar-refractivity contribution in [3.8, 4) is 5.75 Å². The molecule has 1 aliphatic heterocycles. The van der Waals surface area contributed by atoms with Crippen molar-refractivity contribution in [3.63, 3.8) is 0 Å². The van der Waals surface area contributed by atoms with Gasteiger partial charge in [0, 0.05) is 16.1 Å². The summed E-state index contributed by atoms with van der Waals surface area (Å²) in [7, 11) is 0. The molecule has 0 aromatic heterocycles. The molecule has 3 rings (SSSR count). The highest BCUT2D eigenvalue weighted by Crippen LogP contribution is 2.32. The van der Waals surface area contributed by atoms with E-state index in [2.05, 4.69) is 5.32 Å². The van der Waals surface area contributed by atoms with Crippen molar-refractivity contribution >= 4 is 35.1 Å². The van der Waals surface area contributed by atoms with Crippen LogP contribution in [0.1, 0.15) is 35.3 Å². The average molecular weight is 438 g/mol. The van der Waals surface area contributed by atoms with Crippen LogP contribution in [0.4, 0.5) is 0 Å². The summed E-state index contributed by atoms with van der Waals surface area (Å²) < 4.78 is 16.3. The third-order valence-corrected chi connectivity index (χ3v) is 5.00. The van der Waals surface area contributed by atoms with E-state index in [1.54, 1.807) is 36.4 Å². The highest BCUT2D eigenvalue weighted by atomic mass is 35.5. The van der Waals surface area contributed by atoms with E-state index in [9.17, 15) is 9.59 Å². The number of hydrogen-bond donors (Lipinski definition) is 1. The number of amides is 1. The van der Waals surface area contributed by atoms with Crippen LogP contribution in [0.3, 0.4) is 0 Å². The Balaban J connectivity index is 1.70. The summed E-state index contributed by atoms with van der Waals surface area (Å²) in [6.07, 6.45) is 0. The Labute approximate surface area is 179 Å². The molecule has 0 fully saturated rings. The number of carbonyl (C=O) groups is 2. The molecular weight excluding hydrogens is 417 g/mol. The van der Waals surface area contributed by atoms with E-state index in [0.29, 0.717) is 33.5 Å². The predicted octanol–water partition coefficient (Wildman–Crippen LogP) is 4.36. The van der Waals surface area contributed by atoms with Crippen LogP contribution in [-0.4, -0.2) is 24.7 Å². The molecule has 2 aromatic carbocycles. The zero-order valence-corrected chi connectivity index (χ0v) is 17.5. The Hall–Kier alpha value is -2.28. The maximum atomic E-state index is 12.7. The molecular formula is C21H21Cl2NO5. The van der Waals surface area contributed by atoms with Gasteiger partial charge in [0.05, 0.1) is 17.2 Å². The Morgan fingerprint density at radius 1 is 1.21 bits per heavy atom. The molecule has 6 nitrogen and oxygen atoms in total. The minimum Gasteiger partial charge on any atom is -0.467 e. The summed E-state index contributed by atoms with van der Waals surface area (Å²) in [6, 6.07) is 9.25. The summed E-state index contributed by atoms with van der Waals surface area (Å²) in [5.41, 5.74) is 1.73. The first kappa shape index (κ1) is 21.4. The smallest absolute Gasteiger partial charge is 0.329 e. The van der Waals surface area contributed by atoms with Crippen molar-refractivity contribution in [2.45, 2.75) is 33.1 Å². The fraction of sp³-hybridized carbons (Fsp3) is 0.333. The maximum Gasteiger partial charge on any atom is 0.329 e. The summed E-state index contributed by atoms with van der Waals surface area (Å²) in [4.78, 5) is 25.2. The molecule has 154 valence electrons. The zero-order chi connectivity index (χ0) is 21.0. The third kappa shape index (κ3) is 5.21. The van der Waals surface area contributed by atoms with Crippen LogP contribution in [0, 0.1) is 5.92 Å². The molecule has 1 aliphatic rings. The van der Waals surface area contributed by atoms with Crippen LogP contribution < -0.4 is 10.1 Å². The number of rotatable bonds is 6. The van der Waals surface area contributed by atoms with Crippen LogP contribution in [0.25, 0.3) is 0 Å². The quantitative estimate of drug-likeness (QED) is 0.679. The SMILES string of the molecule is CC(C)C(NC(=O)c1ccccc1Cl)C(=O)OCc1cc(Cl)cc2c1OCOC2. The monoisotopic (exact) mass is 437 g/mol. The van der Waals surface area contributed by atoms with Gasteiger partial charge >= 0.3 is 5.97 Å². The summed E-state index contributed by atoms with van der Waals surface area (Å²) in [6.45, 7) is 4.10. The van der Waals surface area contributed by atoms with Gasteiger partial charge in [-0.15, -0.1) is 0 Å². The molecule has 29 heavy (non-hydrogen) atoms. The first-order valence-corrected chi connectivity index (χ1v) is 9.86. The molecule has 0 bridgehead atoms. The topological polar surface area (TPSA) is 73.9 Å². The van der Waals surface area contributed by atoms with Crippen LogP contribution >= 0.6 is 23.2 Å². The van der Waals surface area contributed by atoms with Crippen molar-refractivity contribution in [1.82, 2.24) is 5.32 Å². The van der Waals surface area contributed by atoms with Crippen molar-refractivity contribution in [1.29, 1.82) is 0 Å². The van der Waals surface area contributed by atoms with Crippen molar-refractivity contribution in [2.24, 2.45) is 5.92 Å². The lowest BCUT2D eigenvalue weighted by atomic mass is 10.0. The molecule has 0 saturated carbocycles. The molecule has 1 heterocycles. The van der Waals surface area contributed by atoms with Gasteiger partial charge in [0.25, 0.3) is 5.91 Å². The number of carbonyl (C=O) groups excluding carboxylic acids is 2. The second-order valence-electron chi connectivity index (χ2n) is 6.95. The van der Waals surface area contributed by atoms with E-state index in [1.165, 1.54) is 0 Å². The van der Waals surface area contributed by atoms with Crippen LogP contribution in [0.2, 0.25) is 10.0 Å². The van der Waals surface area contributed by atoms with Gasteiger partial charge in [-0.2, -0.15) is 0 Å². The van der Waals surface area contributed by atoms with Crippen LogP contribution in [0.5, 0.6) is 5.75 Å². The van der Waals surface area contributed by atoms with Gasteiger partial charge in [0.1, 0.15) is 18.4 Å². The number of benzene rings is 2. The van der Waals surface area contributed by atoms with E-state index in [4.69, 9.17) is 37.4 Å².